The van der Waals surface area contributed by atoms with Gasteiger partial charge in [-0.1, -0.05) is 51.5 Å². The molecule has 0 radical (unpaired) electrons. The van der Waals surface area contributed by atoms with Gasteiger partial charge >= 0.3 is 0 Å². The van der Waals surface area contributed by atoms with Gasteiger partial charge in [0.2, 0.25) is 4.96 Å². The van der Waals surface area contributed by atoms with Crippen molar-refractivity contribution in [2.45, 2.75) is 0 Å². The standard InChI is InChI=1S/C16H11BrN4OS/c1-22-13-5-3-2-4-12(13)14-18-19-16-21(14)20-15(23-16)10-6-8-11(17)9-7-10/h2-9H,1H3. The van der Waals surface area contributed by atoms with Crippen molar-refractivity contribution in [1.82, 2.24) is 19.8 Å². The first-order chi connectivity index (χ1) is 11.3. The molecule has 0 spiro atoms. The Kier molecular flexibility index (Phi) is 3.59. The summed E-state index contributed by atoms with van der Waals surface area (Å²) in [5.41, 5.74) is 1.92. The van der Waals surface area contributed by atoms with Crippen molar-refractivity contribution in [2.24, 2.45) is 0 Å². The number of benzene rings is 2. The van der Waals surface area contributed by atoms with Crippen LogP contribution in [-0.2, 0) is 0 Å². The van der Waals surface area contributed by atoms with Crippen LogP contribution in [0.15, 0.2) is 53.0 Å². The predicted octanol–water partition coefficient (Wildman–Crippen LogP) is 4.29. The molecule has 2 aromatic carbocycles. The van der Waals surface area contributed by atoms with Crippen molar-refractivity contribution in [3.05, 3.63) is 53.0 Å². The molecule has 0 N–H and O–H groups in total. The zero-order chi connectivity index (χ0) is 15.8. The number of methoxy groups -OCH3 is 1. The molecule has 4 aromatic rings. The molecular weight excluding hydrogens is 376 g/mol. The molecule has 0 saturated heterocycles. The molecule has 0 atom stereocenters. The summed E-state index contributed by atoms with van der Waals surface area (Å²) in [6.45, 7) is 0. The minimum Gasteiger partial charge on any atom is -0.496 e. The van der Waals surface area contributed by atoms with Gasteiger partial charge in [0.05, 0.1) is 12.7 Å². The second kappa shape index (κ2) is 5.75. The van der Waals surface area contributed by atoms with E-state index in [9.17, 15) is 0 Å². The Labute approximate surface area is 144 Å². The summed E-state index contributed by atoms with van der Waals surface area (Å²) in [5, 5.41) is 14.1. The van der Waals surface area contributed by atoms with Crippen molar-refractivity contribution in [3.8, 4) is 27.7 Å². The molecule has 0 aliphatic rings. The molecule has 0 unspecified atom stereocenters. The fourth-order valence-corrected chi connectivity index (χ4v) is 3.43. The minimum atomic E-state index is 0.678. The summed E-state index contributed by atoms with van der Waals surface area (Å²) < 4.78 is 8.22. The highest BCUT2D eigenvalue weighted by Crippen LogP contribution is 2.32. The van der Waals surface area contributed by atoms with Crippen LogP contribution in [0.4, 0.5) is 0 Å². The van der Waals surface area contributed by atoms with Gasteiger partial charge < -0.3 is 4.74 Å². The summed E-state index contributed by atoms with van der Waals surface area (Å²) >= 11 is 4.95. The number of halogens is 1. The van der Waals surface area contributed by atoms with Crippen LogP contribution in [-0.4, -0.2) is 26.9 Å². The zero-order valence-corrected chi connectivity index (χ0v) is 14.5. The van der Waals surface area contributed by atoms with Crippen molar-refractivity contribution in [2.75, 3.05) is 7.11 Å². The summed E-state index contributed by atoms with van der Waals surface area (Å²) in [7, 11) is 1.64. The van der Waals surface area contributed by atoms with Crippen LogP contribution >= 0.6 is 27.3 Å². The van der Waals surface area contributed by atoms with Crippen LogP contribution in [0.1, 0.15) is 0 Å². The average Bonchev–Trinajstić information content (AvgIpc) is 3.16. The molecule has 23 heavy (non-hydrogen) atoms. The smallest absolute Gasteiger partial charge is 0.235 e. The molecule has 114 valence electrons. The quantitative estimate of drug-likeness (QED) is 0.526. The third-order valence-corrected chi connectivity index (χ3v) is 4.91. The van der Waals surface area contributed by atoms with Crippen molar-refractivity contribution in [1.29, 1.82) is 0 Å². The van der Waals surface area contributed by atoms with E-state index in [4.69, 9.17) is 4.74 Å². The number of para-hydroxylation sites is 1. The Bertz CT molecular complexity index is 977. The van der Waals surface area contributed by atoms with Crippen molar-refractivity contribution >= 4 is 32.2 Å². The predicted molar refractivity (Wildman–Crippen MR) is 93.8 cm³/mol. The monoisotopic (exact) mass is 386 g/mol. The second-order valence-corrected chi connectivity index (χ2v) is 6.70. The molecule has 2 aromatic heterocycles. The Morgan fingerprint density at radius 2 is 1.83 bits per heavy atom. The fraction of sp³-hybridized carbons (Fsp3) is 0.0625. The van der Waals surface area contributed by atoms with E-state index in [1.165, 1.54) is 11.3 Å². The lowest BCUT2D eigenvalue weighted by molar-refractivity contribution is 0.416. The van der Waals surface area contributed by atoms with E-state index in [0.29, 0.717) is 5.82 Å². The number of ether oxygens (including phenoxy) is 1. The Morgan fingerprint density at radius 1 is 1.04 bits per heavy atom. The number of hydrogen-bond acceptors (Lipinski definition) is 5. The molecule has 5 nitrogen and oxygen atoms in total. The first-order valence-electron chi connectivity index (χ1n) is 6.88. The third-order valence-electron chi connectivity index (χ3n) is 3.43. The number of hydrogen-bond donors (Lipinski definition) is 0. The van der Waals surface area contributed by atoms with Crippen LogP contribution in [0.5, 0.6) is 5.75 Å². The van der Waals surface area contributed by atoms with Crippen LogP contribution in [0.3, 0.4) is 0 Å². The van der Waals surface area contributed by atoms with Gasteiger partial charge in [0.15, 0.2) is 5.82 Å². The van der Waals surface area contributed by atoms with Gasteiger partial charge in [0, 0.05) is 10.0 Å². The lowest BCUT2D eigenvalue weighted by Gasteiger charge is -2.04. The average molecular weight is 387 g/mol. The molecule has 0 aliphatic carbocycles. The molecule has 7 heteroatoms. The van der Waals surface area contributed by atoms with Gasteiger partial charge in [-0.3, -0.25) is 0 Å². The Hall–Kier alpha value is -2.25. The first kappa shape index (κ1) is 14.3. The fourth-order valence-electron chi connectivity index (χ4n) is 2.32. The minimum absolute atomic E-state index is 0.678. The summed E-state index contributed by atoms with van der Waals surface area (Å²) in [6.07, 6.45) is 0. The lowest BCUT2D eigenvalue weighted by atomic mass is 10.2. The van der Waals surface area contributed by atoms with Gasteiger partial charge in [0.1, 0.15) is 10.8 Å². The van der Waals surface area contributed by atoms with Crippen LogP contribution < -0.4 is 4.74 Å². The SMILES string of the molecule is COc1ccccc1-c1nnc2sc(-c3ccc(Br)cc3)nn12. The van der Waals surface area contributed by atoms with Crippen LogP contribution in [0.2, 0.25) is 0 Å². The largest absolute Gasteiger partial charge is 0.496 e. The van der Waals surface area contributed by atoms with E-state index in [1.54, 1.807) is 11.6 Å². The maximum Gasteiger partial charge on any atom is 0.235 e. The van der Waals surface area contributed by atoms with Crippen LogP contribution in [0.25, 0.3) is 26.9 Å². The molecule has 0 bridgehead atoms. The molecule has 0 aliphatic heterocycles. The van der Waals surface area contributed by atoms with Crippen molar-refractivity contribution < 1.29 is 4.74 Å². The summed E-state index contributed by atoms with van der Waals surface area (Å²) in [6, 6.07) is 15.8. The number of fused-ring (bicyclic) bond motifs is 1. The summed E-state index contributed by atoms with van der Waals surface area (Å²) in [5.74, 6) is 1.43. The van der Waals surface area contributed by atoms with E-state index in [-0.39, 0.29) is 0 Å². The Morgan fingerprint density at radius 3 is 2.61 bits per heavy atom. The molecule has 0 amide bonds. The molecule has 2 heterocycles. The maximum absolute atomic E-state index is 5.41. The number of nitrogens with zero attached hydrogens (tertiary/aromatic N) is 4. The molecule has 0 saturated carbocycles. The Balaban J connectivity index is 1.85. The zero-order valence-electron chi connectivity index (χ0n) is 12.1. The molecular formula is C16H11BrN4OS. The van der Waals surface area contributed by atoms with E-state index in [1.807, 2.05) is 48.5 Å². The topological polar surface area (TPSA) is 52.3 Å². The van der Waals surface area contributed by atoms with E-state index >= 15 is 0 Å². The van der Waals surface area contributed by atoms with Crippen LogP contribution in [0, 0.1) is 0 Å². The van der Waals surface area contributed by atoms with E-state index < -0.39 is 0 Å². The van der Waals surface area contributed by atoms with Crippen molar-refractivity contribution in [3.63, 3.8) is 0 Å². The highest BCUT2D eigenvalue weighted by Gasteiger charge is 2.17. The van der Waals surface area contributed by atoms with Gasteiger partial charge in [-0.05, 0) is 24.3 Å². The van der Waals surface area contributed by atoms with Gasteiger partial charge in [0.25, 0.3) is 0 Å². The molecule has 0 fully saturated rings. The highest BCUT2D eigenvalue weighted by molar-refractivity contribution is 9.10. The highest BCUT2D eigenvalue weighted by atomic mass is 79.9. The van der Waals surface area contributed by atoms with Gasteiger partial charge in [-0.25, -0.2) is 0 Å². The normalized spacial score (nSPS) is 11.0. The maximum atomic E-state index is 5.41. The van der Waals surface area contributed by atoms with E-state index in [0.717, 1.165) is 31.3 Å². The third kappa shape index (κ3) is 2.51. The first-order valence-corrected chi connectivity index (χ1v) is 8.49. The van der Waals surface area contributed by atoms with Gasteiger partial charge in [-0.2, -0.15) is 9.61 Å². The number of rotatable bonds is 3. The number of aromatic nitrogens is 4. The van der Waals surface area contributed by atoms with Gasteiger partial charge in [-0.15, -0.1) is 10.2 Å². The van der Waals surface area contributed by atoms with E-state index in [2.05, 4.69) is 31.2 Å². The summed E-state index contributed by atoms with van der Waals surface area (Å²) in [4.78, 5) is 0.754. The second-order valence-electron chi connectivity index (χ2n) is 4.83. The molecule has 4 rings (SSSR count). The lowest BCUT2D eigenvalue weighted by Crippen LogP contribution is -1.94.